The Morgan fingerprint density at radius 3 is 2.39 bits per heavy atom. The van der Waals surface area contributed by atoms with E-state index in [0.29, 0.717) is 5.56 Å². The van der Waals surface area contributed by atoms with Crippen LogP contribution in [0.1, 0.15) is 18.1 Å². The van der Waals surface area contributed by atoms with Crippen LogP contribution in [0.3, 0.4) is 0 Å². The van der Waals surface area contributed by atoms with E-state index < -0.39 is 11.4 Å². The van der Waals surface area contributed by atoms with Crippen LogP contribution in [-0.2, 0) is 12.0 Å². The molecule has 18 heavy (non-hydrogen) atoms. The van der Waals surface area contributed by atoms with E-state index in [-0.39, 0.29) is 12.2 Å². The molecule has 0 fully saturated rings. The number of hydrogen-bond donors (Lipinski definition) is 1. The van der Waals surface area contributed by atoms with Crippen LogP contribution in [0.15, 0.2) is 42.7 Å². The van der Waals surface area contributed by atoms with Gasteiger partial charge in [0.25, 0.3) is 0 Å². The summed E-state index contributed by atoms with van der Waals surface area (Å²) in [6.45, 7) is 1.58. The highest BCUT2D eigenvalue weighted by Gasteiger charge is 2.24. The molecule has 1 heterocycles. The van der Waals surface area contributed by atoms with Crippen LogP contribution >= 0.6 is 0 Å². The predicted octanol–water partition coefficient (Wildman–Crippen LogP) is 2.81. The fourth-order valence-electron chi connectivity index (χ4n) is 1.81. The maximum Gasteiger partial charge on any atom is 0.141 e. The first-order valence-electron chi connectivity index (χ1n) is 5.55. The minimum atomic E-state index is -1.24. The average molecular weight is 249 g/mol. The van der Waals surface area contributed by atoms with Crippen LogP contribution in [0.5, 0.6) is 0 Å². The van der Waals surface area contributed by atoms with Gasteiger partial charge in [-0.2, -0.15) is 0 Å². The first-order chi connectivity index (χ1) is 8.47. The number of benzene rings is 1. The zero-order chi connectivity index (χ0) is 13.2. The van der Waals surface area contributed by atoms with Gasteiger partial charge < -0.3 is 5.11 Å². The summed E-state index contributed by atoms with van der Waals surface area (Å²) in [6, 6.07) is 7.09. The van der Waals surface area contributed by atoms with Gasteiger partial charge in [0.15, 0.2) is 0 Å². The number of pyridine rings is 1. The lowest BCUT2D eigenvalue weighted by Crippen LogP contribution is -2.24. The number of aromatic nitrogens is 1. The highest BCUT2D eigenvalue weighted by atomic mass is 19.1. The predicted molar refractivity (Wildman–Crippen MR) is 63.9 cm³/mol. The molecule has 1 atom stereocenters. The SMILES string of the molecule is CC(O)(Cc1ccc(F)cc1)c1cncc(F)c1. The van der Waals surface area contributed by atoms with Crippen molar-refractivity contribution in [1.29, 1.82) is 0 Å². The van der Waals surface area contributed by atoms with Crippen molar-refractivity contribution in [3.8, 4) is 0 Å². The summed E-state index contributed by atoms with van der Waals surface area (Å²) in [4.78, 5) is 3.71. The lowest BCUT2D eigenvalue weighted by atomic mass is 9.90. The number of aliphatic hydroxyl groups is 1. The molecule has 4 heteroatoms. The summed E-state index contributed by atoms with van der Waals surface area (Å²) in [5.41, 5.74) is -0.0788. The van der Waals surface area contributed by atoms with E-state index in [1.807, 2.05) is 0 Å². The third-order valence-electron chi connectivity index (χ3n) is 2.79. The van der Waals surface area contributed by atoms with Crippen LogP contribution in [0.2, 0.25) is 0 Å². The van der Waals surface area contributed by atoms with Gasteiger partial charge >= 0.3 is 0 Å². The molecule has 1 aromatic carbocycles. The number of halogens is 2. The fourth-order valence-corrected chi connectivity index (χ4v) is 1.81. The third kappa shape index (κ3) is 2.90. The van der Waals surface area contributed by atoms with E-state index in [1.54, 1.807) is 19.1 Å². The van der Waals surface area contributed by atoms with Gasteiger partial charge in [0.05, 0.1) is 11.8 Å². The van der Waals surface area contributed by atoms with E-state index in [2.05, 4.69) is 4.98 Å². The van der Waals surface area contributed by atoms with Gasteiger partial charge in [0.2, 0.25) is 0 Å². The Kier molecular flexibility index (Phi) is 3.39. The molecule has 1 N–H and O–H groups in total. The summed E-state index contributed by atoms with van der Waals surface area (Å²) in [7, 11) is 0. The standard InChI is InChI=1S/C14H13F2NO/c1-14(18,11-6-13(16)9-17-8-11)7-10-2-4-12(15)5-3-10/h2-6,8-9,18H,7H2,1H3. The molecule has 1 unspecified atom stereocenters. The topological polar surface area (TPSA) is 33.1 Å². The maximum absolute atomic E-state index is 13.1. The van der Waals surface area contributed by atoms with Gasteiger partial charge in [-0.15, -0.1) is 0 Å². The van der Waals surface area contributed by atoms with E-state index in [1.165, 1.54) is 24.4 Å². The van der Waals surface area contributed by atoms with Crippen LogP contribution in [0.25, 0.3) is 0 Å². The molecule has 2 nitrogen and oxygen atoms in total. The highest BCUT2D eigenvalue weighted by Crippen LogP contribution is 2.25. The van der Waals surface area contributed by atoms with Gasteiger partial charge in [-0.3, -0.25) is 4.98 Å². The zero-order valence-corrected chi connectivity index (χ0v) is 9.90. The minimum Gasteiger partial charge on any atom is -0.385 e. The lowest BCUT2D eigenvalue weighted by molar-refractivity contribution is 0.0569. The normalized spacial score (nSPS) is 14.2. The Balaban J connectivity index is 2.23. The minimum absolute atomic E-state index is 0.262. The Bertz CT molecular complexity index is 538. The zero-order valence-electron chi connectivity index (χ0n) is 9.90. The molecule has 94 valence electrons. The van der Waals surface area contributed by atoms with Gasteiger partial charge in [-0.25, -0.2) is 8.78 Å². The Hall–Kier alpha value is -1.81. The van der Waals surface area contributed by atoms with Crippen molar-refractivity contribution in [1.82, 2.24) is 4.98 Å². The maximum atomic E-state index is 13.1. The molecule has 0 aliphatic rings. The van der Waals surface area contributed by atoms with Gasteiger partial charge in [0.1, 0.15) is 11.6 Å². The third-order valence-corrected chi connectivity index (χ3v) is 2.79. The van der Waals surface area contributed by atoms with E-state index in [0.717, 1.165) is 11.8 Å². The van der Waals surface area contributed by atoms with Gasteiger partial charge in [-0.1, -0.05) is 12.1 Å². The van der Waals surface area contributed by atoms with Crippen LogP contribution in [0, 0.1) is 11.6 Å². The molecule has 0 aliphatic heterocycles. The molecule has 1 aromatic heterocycles. The van der Waals surface area contributed by atoms with Gasteiger partial charge in [-0.05, 0) is 30.7 Å². The first-order valence-corrected chi connectivity index (χ1v) is 5.55. The smallest absolute Gasteiger partial charge is 0.141 e. The monoisotopic (exact) mass is 249 g/mol. The Morgan fingerprint density at radius 1 is 1.11 bits per heavy atom. The van der Waals surface area contributed by atoms with E-state index >= 15 is 0 Å². The van der Waals surface area contributed by atoms with Crippen LogP contribution < -0.4 is 0 Å². The Labute approximate surface area is 104 Å². The van der Waals surface area contributed by atoms with Crippen molar-refractivity contribution in [3.63, 3.8) is 0 Å². The number of rotatable bonds is 3. The van der Waals surface area contributed by atoms with Crippen molar-refractivity contribution in [2.75, 3.05) is 0 Å². The molecule has 0 spiro atoms. The highest BCUT2D eigenvalue weighted by molar-refractivity contribution is 5.24. The molecule has 2 aromatic rings. The molecular weight excluding hydrogens is 236 g/mol. The van der Waals surface area contributed by atoms with Gasteiger partial charge in [0, 0.05) is 18.2 Å². The first kappa shape index (κ1) is 12.6. The molecule has 0 saturated heterocycles. The van der Waals surface area contributed by atoms with Crippen molar-refractivity contribution < 1.29 is 13.9 Å². The summed E-state index contributed by atoms with van der Waals surface area (Å²) in [6.07, 6.45) is 2.77. The summed E-state index contributed by atoms with van der Waals surface area (Å²) >= 11 is 0. The van der Waals surface area contributed by atoms with Crippen LogP contribution in [0.4, 0.5) is 8.78 Å². The molecule has 0 bridgehead atoms. The van der Waals surface area contributed by atoms with E-state index in [9.17, 15) is 13.9 Å². The van der Waals surface area contributed by atoms with Crippen LogP contribution in [-0.4, -0.2) is 10.1 Å². The number of hydrogen-bond acceptors (Lipinski definition) is 2. The van der Waals surface area contributed by atoms with Crippen molar-refractivity contribution in [2.24, 2.45) is 0 Å². The van der Waals surface area contributed by atoms with E-state index in [4.69, 9.17) is 0 Å². The quantitative estimate of drug-likeness (QED) is 0.907. The van der Waals surface area contributed by atoms with Crippen molar-refractivity contribution in [3.05, 3.63) is 65.5 Å². The lowest BCUT2D eigenvalue weighted by Gasteiger charge is -2.23. The number of nitrogens with zero attached hydrogens (tertiary/aromatic N) is 1. The molecule has 0 amide bonds. The largest absolute Gasteiger partial charge is 0.385 e. The summed E-state index contributed by atoms with van der Waals surface area (Å²) in [5.74, 6) is -0.822. The second kappa shape index (κ2) is 4.82. The average Bonchev–Trinajstić information content (AvgIpc) is 2.32. The summed E-state index contributed by atoms with van der Waals surface area (Å²) in [5, 5.41) is 10.3. The van der Waals surface area contributed by atoms with Crippen molar-refractivity contribution in [2.45, 2.75) is 18.9 Å². The molecule has 2 rings (SSSR count). The summed E-state index contributed by atoms with van der Waals surface area (Å²) < 4.78 is 25.8. The molecule has 0 radical (unpaired) electrons. The molecule has 0 aliphatic carbocycles. The second-order valence-electron chi connectivity index (χ2n) is 4.47. The molecule has 0 saturated carbocycles. The molecular formula is C14H13F2NO. The van der Waals surface area contributed by atoms with Crippen molar-refractivity contribution >= 4 is 0 Å². The fraction of sp³-hybridized carbons (Fsp3) is 0.214. The Morgan fingerprint density at radius 2 is 1.78 bits per heavy atom. The second-order valence-corrected chi connectivity index (χ2v) is 4.47.